The lowest BCUT2D eigenvalue weighted by atomic mass is 9.78. The van der Waals surface area contributed by atoms with Gasteiger partial charge < -0.3 is 14.7 Å². The van der Waals surface area contributed by atoms with Crippen LogP contribution < -0.4 is 14.7 Å². The predicted octanol–water partition coefficient (Wildman–Crippen LogP) is 23.9. The number of carbonyl (C=O) groups is 5. The summed E-state index contributed by atoms with van der Waals surface area (Å²) in [7, 11) is 0. The van der Waals surface area contributed by atoms with Gasteiger partial charge in [0.05, 0.1) is 61.9 Å². The first-order chi connectivity index (χ1) is 47.9. The van der Waals surface area contributed by atoms with Gasteiger partial charge in [0.25, 0.3) is 0 Å². The van der Waals surface area contributed by atoms with Crippen molar-refractivity contribution in [1.29, 1.82) is 0 Å². The summed E-state index contributed by atoms with van der Waals surface area (Å²) in [6.45, 7) is 2.57. The molecule has 0 N–H and O–H groups in total. The lowest BCUT2D eigenvalue weighted by molar-refractivity contribution is -0.190. The number of benzene rings is 6. The first-order valence-corrected chi connectivity index (χ1v) is 34.5. The van der Waals surface area contributed by atoms with Crippen LogP contribution in [-0.2, 0) is 78.0 Å². The van der Waals surface area contributed by atoms with Crippen LogP contribution in [0.2, 0.25) is 45.2 Å². The molecule has 2 amide bonds. The second kappa shape index (κ2) is 32.7. The molecule has 6 aromatic carbocycles. The van der Waals surface area contributed by atoms with Crippen molar-refractivity contribution in [3.8, 4) is 0 Å². The van der Waals surface area contributed by atoms with Crippen LogP contribution in [0.4, 0.5) is 96.1 Å². The summed E-state index contributed by atoms with van der Waals surface area (Å²) in [4.78, 5) is 63.3. The van der Waals surface area contributed by atoms with Crippen LogP contribution >= 0.6 is 104 Å². The van der Waals surface area contributed by atoms with Gasteiger partial charge in [0, 0.05) is 88.2 Å². The summed E-state index contributed by atoms with van der Waals surface area (Å²) in [6, 6.07) is 15.0. The number of anilines is 3. The van der Waals surface area contributed by atoms with Crippen LogP contribution in [-0.4, -0.2) is 73.9 Å². The Balaban J connectivity index is 0.000000218. The van der Waals surface area contributed by atoms with Crippen molar-refractivity contribution in [1.82, 2.24) is 0 Å². The van der Waals surface area contributed by atoms with Gasteiger partial charge >= 0.3 is 37.1 Å². The van der Waals surface area contributed by atoms with Crippen LogP contribution in [0.1, 0.15) is 129 Å². The van der Waals surface area contributed by atoms with Gasteiger partial charge in [-0.25, -0.2) is 0 Å². The summed E-state index contributed by atoms with van der Waals surface area (Å²) < 4.78 is 253. The molecule has 0 aliphatic carbocycles. The fourth-order valence-corrected chi connectivity index (χ4v) is 14.1. The minimum Gasteiger partial charge on any atom is -0.370 e. The SMILES string of the molecule is CCC(=O)CCc1ccc(N2CC(c3cc(Cl)c(Cl)c(Cl)c3)(C(F)(F)F)CC2=O)cc1C(F)(F)F.CCC(=O)CCc1ccc(N2CCC(c3cc(Cl)c(Cl)c(Cl)c3)(C(F)(F)F)C2)cc1C(F)(F)F.CCC(=O)CCc1ccc(N2CCC(c3cc(Cl)c(Cl)c(Cl)c3)(C(F)(F)F)C2=O)cc1C(F)(F)F. The fraction of sp³-hybridized carbons (Fsp3) is 0.406. The Kier molecular flexibility index (Phi) is 26.9. The van der Waals surface area contributed by atoms with Gasteiger partial charge in [0.1, 0.15) is 28.2 Å². The number of amides is 2. The lowest BCUT2D eigenvalue weighted by Crippen LogP contribution is -2.49. The van der Waals surface area contributed by atoms with Crippen molar-refractivity contribution >= 4 is 151 Å². The number of carbonyl (C=O) groups excluding carboxylic acids is 5. The van der Waals surface area contributed by atoms with Crippen molar-refractivity contribution in [2.75, 3.05) is 40.9 Å². The summed E-state index contributed by atoms with van der Waals surface area (Å²) in [5.41, 5.74) is -13.7. The number of hydrogen-bond donors (Lipinski definition) is 0. The molecule has 0 bridgehead atoms. The van der Waals surface area contributed by atoms with Gasteiger partial charge in [-0.05, 0) is 138 Å². The zero-order valence-corrected chi connectivity index (χ0v) is 60.9. The second-order valence-electron chi connectivity index (χ2n) is 24.6. The Labute approximate surface area is 628 Å². The number of Topliss-reactive ketones (excluding diaryl/α,β-unsaturated/α-hetero) is 3. The molecule has 3 saturated heterocycles. The van der Waals surface area contributed by atoms with Crippen molar-refractivity contribution in [3.63, 3.8) is 0 Å². The number of halogens is 27. The third-order valence-electron chi connectivity index (χ3n) is 18.3. The summed E-state index contributed by atoms with van der Waals surface area (Å²) in [6.07, 6.45) is -31.6. The number of ketones is 3. The molecule has 8 nitrogen and oxygen atoms in total. The molecule has 566 valence electrons. The highest BCUT2D eigenvalue weighted by atomic mass is 35.5. The lowest BCUT2D eigenvalue weighted by Gasteiger charge is -2.33. The Morgan fingerprint density at radius 2 is 0.721 bits per heavy atom. The number of hydrogen-bond acceptors (Lipinski definition) is 6. The maximum Gasteiger partial charge on any atom is 0.416 e. The standard InChI is InChI=1S/2C23H18Cl3F6NO2.C23H20Cl3F6NO/c1-2-15(34)6-4-12-3-5-14(9-16(12)22(27,28)29)33-11-21(10-19(33)35,23(30,31)32)13-7-17(24)20(26)18(25)8-13;1-2-15(34)6-4-12-3-5-14(11-16(12)22(27,28)29)33-8-7-21(20(33)35,23(30,31)32)13-9-17(24)19(26)18(25)10-13;1-2-16(34)6-4-13-3-5-15(11-17(13)22(27,28)29)33-8-7-21(12-33,23(30,31)32)14-9-18(24)20(26)19(25)10-14/h3,5,7-9H,2,4,6,10-11H2,1H3;3,5,9-11H,2,4,6-8H2,1H3;3,5,9-11H,2,4,6-8,12H2,1H3. The van der Waals surface area contributed by atoms with Crippen LogP contribution in [0, 0.1) is 0 Å². The fourth-order valence-electron chi connectivity index (χ4n) is 12.4. The first-order valence-electron chi connectivity index (χ1n) is 31.1. The molecule has 6 aromatic rings. The minimum atomic E-state index is -5.10. The van der Waals surface area contributed by atoms with E-state index in [1.165, 1.54) is 17.0 Å². The molecular formula is C69H56Cl9F18N3O5. The molecular weight excluding hydrogens is 1610 g/mol. The number of nitrogens with zero attached hydrogens (tertiary/aromatic N) is 3. The number of alkyl halides is 18. The molecule has 0 saturated carbocycles. The highest BCUT2D eigenvalue weighted by molar-refractivity contribution is 6.49. The van der Waals surface area contributed by atoms with Crippen LogP contribution in [0.25, 0.3) is 0 Å². The van der Waals surface area contributed by atoms with Crippen molar-refractivity contribution < 1.29 is 103 Å². The van der Waals surface area contributed by atoms with Crippen molar-refractivity contribution in [3.05, 3.63) is 186 Å². The van der Waals surface area contributed by atoms with Crippen molar-refractivity contribution in [2.24, 2.45) is 0 Å². The number of aryl methyl sites for hydroxylation is 3. The highest BCUT2D eigenvalue weighted by Gasteiger charge is 2.66. The van der Waals surface area contributed by atoms with Gasteiger partial charge in [0.15, 0.2) is 5.41 Å². The molecule has 3 unspecified atom stereocenters. The topological polar surface area (TPSA) is 95.1 Å². The Hall–Kier alpha value is -5.58. The maximum absolute atomic E-state index is 14.4. The maximum atomic E-state index is 14.4. The van der Waals surface area contributed by atoms with E-state index in [2.05, 4.69) is 0 Å². The molecule has 3 fully saturated rings. The van der Waals surface area contributed by atoms with E-state index < -0.39 is 132 Å². The second-order valence-corrected chi connectivity index (χ2v) is 28.1. The third kappa shape index (κ3) is 18.4. The zero-order valence-electron chi connectivity index (χ0n) is 54.1. The van der Waals surface area contributed by atoms with Gasteiger partial charge in [0.2, 0.25) is 11.8 Å². The van der Waals surface area contributed by atoms with Gasteiger partial charge in [-0.2, -0.15) is 79.0 Å². The van der Waals surface area contributed by atoms with Crippen LogP contribution in [0.3, 0.4) is 0 Å². The number of rotatable bonds is 18. The van der Waals surface area contributed by atoms with Crippen molar-refractivity contribution in [2.45, 2.75) is 151 Å². The van der Waals surface area contributed by atoms with Crippen LogP contribution in [0.5, 0.6) is 0 Å². The first kappa shape index (κ1) is 85.7. The largest absolute Gasteiger partial charge is 0.416 e. The summed E-state index contributed by atoms with van der Waals surface area (Å²) >= 11 is 53.2. The summed E-state index contributed by atoms with van der Waals surface area (Å²) in [5.74, 6) is -3.11. The van der Waals surface area contributed by atoms with Crippen LogP contribution in [0.15, 0.2) is 91.0 Å². The van der Waals surface area contributed by atoms with E-state index in [9.17, 15) is 103 Å². The van der Waals surface area contributed by atoms with E-state index in [1.807, 2.05) is 0 Å². The molecule has 0 spiro atoms. The van der Waals surface area contributed by atoms with Gasteiger partial charge in [-0.1, -0.05) is 143 Å². The molecule has 35 heteroatoms. The zero-order chi connectivity index (χ0) is 78.2. The Bertz CT molecular complexity index is 4110. The molecule has 3 atom stereocenters. The van der Waals surface area contributed by atoms with Gasteiger partial charge in [-0.3, -0.25) is 24.0 Å². The van der Waals surface area contributed by atoms with E-state index in [0.29, 0.717) is 21.9 Å². The minimum absolute atomic E-state index is 0.00942. The smallest absolute Gasteiger partial charge is 0.370 e. The van der Waals surface area contributed by atoms with E-state index in [-0.39, 0.29) is 166 Å². The average Bonchev–Trinajstić information content (AvgIpc) is 1.55. The summed E-state index contributed by atoms with van der Waals surface area (Å²) in [5, 5.41) is -1.82. The molecule has 3 aliphatic heterocycles. The van der Waals surface area contributed by atoms with E-state index in [1.54, 1.807) is 20.8 Å². The molecule has 104 heavy (non-hydrogen) atoms. The van der Waals surface area contributed by atoms with Gasteiger partial charge in [-0.15, -0.1) is 0 Å². The monoisotopic (exact) mass is 1660 g/mol. The van der Waals surface area contributed by atoms with E-state index in [0.717, 1.165) is 66.7 Å². The Morgan fingerprint density at radius 3 is 1.06 bits per heavy atom. The molecule has 0 radical (unpaired) electrons. The quantitative estimate of drug-likeness (QED) is 0.0628. The molecule has 3 heterocycles. The molecule has 0 aromatic heterocycles. The predicted molar refractivity (Wildman–Crippen MR) is 364 cm³/mol. The van der Waals surface area contributed by atoms with E-state index >= 15 is 0 Å². The van der Waals surface area contributed by atoms with E-state index in [4.69, 9.17) is 104 Å². The normalized spacial score (nSPS) is 19.0. The Morgan fingerprint density at radius 1 is 0.394 bits per heavy atom. The average molecular weight is 1670 g/mol. The third-order valence-corrected chi connectivity index (χ3v) is 21.9. The molecule has 3 aliphatic rings. The molecule has 9 rings (SSSR count). The highest BCUT2D eigenvalue weighted by Crippen LogP contribution is 2.55.